The van der Waals surface area contributed by atoms with Crippen LogP contribution in [0.3, 0.4) is 0 Å². The predicted molar refractivity (Wildman–Crippen MR) is 94.4 cm³/mol. The fourth-order valence-corrected chi connectivity index (χ4v) is 3.42. The number of esters is 1. The van der Waals surface area contributed by atoms with Crippen molar-refractivity contribution in [1.82, 2.24) is 0 Å². The highest BCUT2D eigenvalue weighted by atomic mass is 16.5. The Kier molecular flexibility index (Phi) is 8.00. The van der Waals surface area contributed by atoms with E-state index in [-0.39, 0.29) is 23.9 Å². The third-order valence-corrected chi connectivity index (χ3v) is 5.01. The van der Waals surface area contributed by atoms with E-state index < -0.39 is 12.2 Å². The molecule has 0 bridgehead atoms. The summed E-state index contributed by atoms with van der Waals surface area (Å²) in [5.74, 6) is 0.335. The molecular formula is C20H32O4. The van der Waals surface area contributed by atoms with Crippen molar-refractivity contribution >= 4 is 5.97 Å². The van der Waals surface area contributed by atoms with Crippen LogP contribution in [0.2, 0.25) is 0 Å². The molecule has 5 atom stereocenters. The maximum Gasteiger partial charge on any atom is 0.306 e. The van der Waals surface area contributed by atoms with Gasteiger partial charge in [0.1, 0.15) is 6.10 Å². The zero-order valence-corrected chi connectivity index (χ0v) is 14.8. The average molecular weight is 336 g/mol. The summed E-state index contributed by atoms with van der Waals surface area (Å²) in [5, 5.41) is 20.2. The predicted octanol–water partition coefficient (Wildman–Crippen LogP) is 3.52. The van der Waals surface area contributed by atoms with Crippen LogP contribution in [0.4, 0.5) is 0 Å². The van der Waals surface area contributed by atoms with Gasteiger partial charge in [-0.15, -0.1) is 0 Å². The third-order valence-electron chi connectivity index (χ3n) is 5.01. The highest BCUT2D eigenvalue weighted by Gasteiger charge is 2.48. The van der Waals surface area contributed by atoms with E-state index in [1.165, 1.54) is 19.3 Å². The molecule has 1 heterocycles. The third kappa shape index (κ3) is 6.40. The number of carbonyl (C=O) groups excluding carboxylic acids is 1. The standard InChI is InChI=1S/C20H32O4/c1-2-3-4-5-6-7-9-15(21)12-13-18(22)16-14-17(16)19-10-8-11-20(23)24-19/h6-7,12-13,15-19,21-22H,2-5,8-11,14H2,1H3/b7-6+,13-12+/t15-,16-,17-,18-,19+/m0/s1. The molecule has 0 unspecified atom stereocenters. The van der Waals surface area contributed by atoms with Gasteiger partial charge in [-0.05, 0) is 44.4 Å². The maximum absolute atomic E-state index is 11.3. The van der Waals surface area contributed by atoms with Gasteiger partial charge in [0.25, 0.3) is 0 Å². The lowest BCUT2D eigenvalue weighted by molar-refractivity contribution is -0.155. The zero-order valence-electron chi connectivity index (χ0n) is 14.8. The molecular weight excluding hydrogens is 304 g/mol. The van der Waals surface area contributed by atoms with Crippen LogP contribution in [0, 0.1) is 11.8 Å². The van der Waals surface area contributed by atoms with Crippen molar-refractivity contribution in [3.05, 3.63) is 24.3 Å². The summed E-state index contributed by atoms with van der Waals surface area (Å²) in [6, 6.07) is 0. The Morgan fingerprint density at radius 3 is 2.83 bits per heavy atom. The smallest absolute Gasteiger partial charge is 0.306 e. The van der Waals surface area contributed by atoms with E-state index in [0.717, 1.165) is 25.7 Å². The fraction of sp³-hybridized carbons (Fsp3) is 0.750. The van der Waals surface area contributed by atoms with Crippen LogP contribution >= 0.6 is 0 Å². The van der Waals surface area contributed by atoms with Gasteiger partial charge in [0.2, 0.25) is 0 Å². The Balaban J connectivity index is 1.64. The van der Waals surface area contributed by atoms with E-state index in [1.807, 2.05) is 6.08 Å². The summed E-state index contributed by atoms with van der Waals surface area (Å²) in [6.45, 7) is 2.19. The Labute approximate surface area is 145 Å². The lowest BCUT2D eigenvalue weighted by Gasteiger charge is -2.22. The van der Waals surface area contributed by atoms with Crippen LogP contribution in [0.15, 0.2) is 24.3 Å². The largest absolute Gasteiger partial charge is 0.462 e. The number of allylic oxidation sites excluding steroid dienone is 1. The van der Waals surface area contributed by atoms with Crippen LogP contribution in [-0.2, 0) is 9.53 Å². The van der Waals surface area contributed by atoms with E-state index in [9.17, 15) is 15.0 Å². The molecule has 1 aliphatic heterocycles. The maximum atomic E-state index is 11.3. The number of unbranched alkanes of at least 4 members (excludes halogenated alkanes) is 3. The number of aliphatic hydroxyl groups is 2. The summed E-state index contributed by atoms with van der Waals surface area (Å²) in [5.41, 5.74) is 0. The van der Waals surface area contributed by atoms with Gasteiger partial charge < -0.3 is 14.9 Å². The number of carbonyl (C=O) groups is 1. The SMILES string of the molecule is CCCCC/C=C/C[C@H](O)/C=C/[C@H](O)[C@H]1C[C@@H]1[C@H]1CCCC(=O)O1. The first-order valence-corrected chi connectivity index (χ1v) is 9.50. The first-order chi connectivity index (χ1) is 11.6. The molecule has 2 rings (SSSR count). The van der Waals surface area contributed by atoms with E-state index in [4.69, 9.17) is 4.74 Å². The highest BCUT2D eigenvalue weighted by molar-refractivity contribution is 5.70. The number of rotatable bonds is 10. The van der Waals surface area contributed by atoms with Crippen molar-refractivity contribution in [3.63, 3.8) is 0 Å². The summed E-state index contributed by atoms with van der Waals surface area (Å²) in [7, 11) is 0. The van der Waals surface area contributed by atoms with Gasteiger partial charge in [-0.25, -0.2) is 0 Å². The van der Waals surface area contributed by atoms with Crippen LogP contribution in [0.25, 0.3) is 0 Å². The number of aliphatic hydroxyl groups excluding tert-OH is 2. The molecule has 0 aromatic rings. The molecule has 1 saturated heterocycles. The van der Waals surface area contributed by atoms with Crippen molar-refractivity contribution in [2.24, 2.45) is 11.8 Å². The lowest BCUT2D eigenvalue weighted by Crippen LogP contribution is -2.27. The second-order valence-electron chi connectivity index (χ2n) is 7.13. The topological polar surface area (TPSA) is 66.8 Å². The van der Waals surface area contributed by atoms with Gasteiger partial charge in [-0.1, -0.05) is 44.1 Å². The van der Waals surface area contributed by atoms with E-state index >= 15 is 0 Å². The van der Waals surface area contributed by atoms with E-state index in [1.54, 1.807) is 12.2 Å². The van der Waals surface area contributed by atoms with Gasteiger partial charge in [-0.3, -0.25) is 4.79 Å². The van der Waals surface area contributed by atoms with Gasteiger partial charge >= 0.3 is 5.97 Å². The number of cyclic esters (lactones) is 1. The Morgan fingerprint density at radius 1 is 1.25 bits per heavy atom. The molecule has 4 heteroatoms. The molecule has 0 aromatic carbocycles. The fourth-order valence-electron chi connectivity index (χ4n) is 3.42. The Hall–Kier alpha value is -1.13. The molecule has 0 radical (unpaired) electrons. The number of hydrogen-bond acceptors (Lipinski definition) is 4. The molecule has 2 N–H and O–H groups in total. The molecule has 0 aromatic heterocycles. The Bertz CT molecular complexity index is 443. The quantitative estimate of drug-likeness (QED) is 0.364. The summed E-state index contributed by atoms with van der Waals surface area (Å²) < 4.78 is 5.38. The van der Waals surface area contributed by atoms with Crippen molar-refractivity contribution in [2.75, 3.05) is 0 Å². The minimum absolute atomic E-state index is 0.0183. The van der Waals surface area contributed by atoms with Crippen molar-refractivity contribution < 1.29 is 19.7 Å². The summed E-state index contributed by atoms with van der Waals surface area (Å²) >= 11 is 0. The molecule has 1 aliphatic carbocycles. The van der Waals surface area contributed by atoms with Crippen molar-refractivity contribution in [2.45, 2.75) is 83.0 Å². The van der Waals surface area contributed by atoms with Crippen LogP contribution in [0.1, 0.15) is 64.7 Å². The van der Waals surface area contributed by atoms with Gasteiger partial charge in [0, 0.05) is 12.3 Å². The van der Waals surface area contributed by atoms with Gasteiger partial charge in [-0.2, -0.15) is 0 Å². The summed E-state index contributed by atoms with van der Waals surface area (Å²) in [6.07, 6.45) is 14.9. The molecule has 2 fully saturated rings. The van der Waals surface area contributed by atoms with Gasteiger partial charge in [0.15, 0.2) is 0 Å². The van der Waals surface area contributed by atoms with Crippen LogP contribution in [-0.4, -0.2) is 34.5 Å². The molecule has 1 saturated carbocycles. The summed E-state index contributed by atoms with van der Waals surface area (Å²) in [4.78, 5) is 11.3. The molecule has 0 amide bonds. The zero-order chi connectivity index (χ0) is 17.4. The highest BCUT2D eigenvalue weighted by Crippen LogP contribution is 2.47. The number of hydrogen-bond donors (Lipinski definition) is 2. The van der Waals surface area contributed by atoms with Gasteiger partial charge in [0.05, 0.1) is 12.2 Å². The number of ether oxygens (including phenoxy) is 1. The molecule has 2 aliphatic rings. The molecule has 24 heavy (non-hydrogen) atoms. The molecule has 136 valence electrons. The van der Waals surface area contributed by atoms with Crippen molar-refractivity contribution in [1.29, 1.82) is 0 Å². The second kappa shape index (κ2) is 10.00. The normalized spacial score (nSPS) is 29.8. The van der Waals surface area contributed by atoms with Crippen molar-refractivity contribution in [3.8, 4) is 0 Å². The molecule has 0 spiro atoms. The van der Waals surface area contributed by atoms with Crippen LogP contribution in [0.5, 0.6) is 0 Å². The minimum atomic E-state index is -0.557. The van der Waals surface area contributed by atoms with E-state index in [0.29, 0.717) is 12.8 Å². The van der Waals surface area contributed by atoms with Crippen LogP contribution < -0.4 is 0 Å². The van der Waals surface area contributed by atoms with E-state index in [2.05, 4.69) is 13.0 Å². The Morgan fingerprint density at radius 2 is 2.08 bits per heavy atom. The minimum Gasteiger partial charge on any atom is -0.462 e. The average Bonchev–Trinajstić information content (AvgIpc) is 3.36. The first kappa shape index (κ1) is 19.2. The second-order valence-corrected chi connectivity index (χ2v) is 7.13. The lowest BCUT2D eigenvalue weighted by atomic mass is 10.0. The monoisotopic (exact) mass is 336 g/mol. The molecule has 4 nitrogen and oxygen atoms in total. The first-order valence-electron chi connectivity index (χ1n) is 9.50.